The number of ketones is 1. The second-order valence-electron chi connectivity index (χ2n) is 4.74. The van der Waals surface area contributed by atoms with E-state index in [0.717, 1.165) is 6.54 Å². The van der Waals surface area contributed by atoms with Crippen molar-refractivity contribution in [3.8, 4) is 11.5 Å². The van der Waals surface area contributed by atoms with E-state index in [2.05, 4.69) is 5.32 Å². The number of rotatable bonds is 6. The first-order valence-corrected chi connectivity index (χ1v) is 6.78. The minimum atomic E-state index is -0.145. The van der Waals surface area contributed by atoms with Crippen molar-refractivity contribution < 1.29 is 19.0 Å². The number of benzene rings is 1. The summed E-state index contributed by atoms with van der Waals surface area (Å²) in [6.45, 7) is 3.89. The number of Topliss-reactive ketones (excluding diaryl/α,β-unsaturated/α-hetero) is 1. The molecule has 0 bridgehead atoms. The fourth-order valence-corrected chi connectivity index (χ4v) is 2.48. The van der Waals surface area contributed by atoms with Gasteiger partial charge in [-0.15, -0.1) is 0 Å². The average molecular weight is 279 g/mol. The van der Waals surface area contributed by atoms with Crippen LogP contribution in [0.25, 0.3) is 0 Å². The number of hydrogen-bond donors (Lipinski definition) is 1. The molecule has 20 heavy (non-hydrogen) atoms. The molecule has 1 heterocycles. The molecule has 1 saturated heterocycles. The summed E-state index contributed by atoms with van der Waals surface area (Å²) in [4.78, 5) is 12.6. The van der Waals surface area contributed by atoms with Crippen LogP contribution < -0.4 is 14.8 Å². The molecular weight excluding hydrogens is 258 g/mol. The normalized spacial score (nSPS) is 21.8. The summed E-state index contributed by atoms with van der Waals surface area (Å²) in [5.41, 5.74) is 0.626. The van der Waals surface area contributed by atoms with Crippen LogP contribution in [0.4, 0.5) is 0 Å². The lowest BCUT2D eigenvalue weighted by atomic mass is 9.93. The van der Waals surface area contributed by atoms with E-state index >= 15 is 0 Å². The minimum absolute atomic E-state index is 0.0782. The maximum Gasteiger partial charge on any atom is 0.170 e. The summed E-state index contributed by atoms with van der Waals surface area (Å²) in [5, 5.41) is 3.29. The van der Waals surface area contributed by atoms with Gasteiger partial charge in [-0.05, 0) is 24.7 Å². The fourth-order valence-electron chi connectivity index (χ4n) is 2.48. The fraction of sp³-hybridized carbons (Fsp3) is 0.533. The van der Waals surface area contributed by atoms with Crippen molar-refractivity contribution in [3.63, 3.8) is 0 Å². The van der Waals surface area contributed by atoms with Crippen molar-refractivity contribution >= 4 is 5.78 Å². The number of carbonyl (C=O) groups excluding carboxylic acids is 1. The molecule has 0 radical (unpaired) electrons. The molecular formula is C15H21NO4. The molecule has 2 rings (SSSR count). The van der Waals surface area contributed by atoms with Gasteiger partial charge in [0.05, 0.1) is 33.4 Å². The second-order valence-corrected chi connectivity index (χ2v) is 4.74. The summed E-state index contributed by atoms with van der Waals surface area (Å²) in [5.74, 6) is 1.12. The average Bonchev–Trinajstić information content (AvgIpc) is 2.94. The third-order valence-corrected chi connectivity index (χ3v) is 3.55. The Kier molecular flexibility index (Phi) is 4.98. The lowest BCUT2D eigenvalue weighted by molar-refractivity contribution is 0.0891. The van der Waals surface area contributed by atoms with Crippen molar-refractivity contribution in [2.45, 2.75) is 13.0 Å². The molecule has 1 aromatic carbocycles. The first-order valence-electron chi connectivity index (χ1n) is 6.78. The third kappa shape index (κ3) is 2.94. The summed E-state index contributed by atoms with van der Waals surface area (Å²) < 4.78 is 15.8. The van der Waals surface area contributed by atoms with E-state index in [1.165, 1.54) is 0 Å². The minimum Gasteiger partial charge on any atom is -0.493 e. The summed E-state index contributed by atoms with van der Waals surface area (Å²) in [7, 11) is 3.14. The molecule has 1 aliphatic rings. The third-order valence-electron chi connectivity index (χ3n) is 3.55. The zero-order chi connectivity index (χ0) is 14.5. The van der Waals surface area contributed by atoms with Crippen LogP contribution >= 0.6 is 0 Å². The Morgan fingerprint density at radius 1 is 1.30 bits per heavy atom. The Morgan fingerprint density at radius 3 is 2.70 bits per heavy atom. The molecule has 1 aliphatic heterocycles. The molecule has 5 nitrogen and oxygen atoms in total. The Labute approximate surface area is 119 Å². The first kappa shape index (κ1) is 14.8. The highest BCUT2D eigenvalue weighted by Crippen LogP contribution is 2.29. The molecule has 5 heteroatoms. The van der Waals surface area contributed by atoms with E-state index in [-0.39, 0.29) is 17.7 Å². The lowest BCUT2D eigenvalue weighted by Gasteiger charge is -2.17. The van der Waals surface area contributed by atoms with Crippen LogP contribution in [0.1, 0.15) is 17.3 Å². The zero-order valence-electron chi connectivity index (χ0n) is 12.1. The standard InChI is InChI=1S/C15H21NO4/c1-4-16-12-9-20-8-11(12)15(17)10-5-6-13(18-2)14(7-10)19-3/h5-7,11-12,16H,4,8-9H2,1-3H3. The van der Waals surface area contributed by atoms with Crippen LogP contribution in [-0.4, -0.2) is 45.8 Å². The van der Waals surface area contributed by atoms with Crippen molar-refractivity contribution in [2.24, 2.45) is 5.92 Å². The van der Waals surface area contributed by atoms with Gasteiger partial charge in [0.15, 0.2) is 17.3 Å². The van der Waals surface area contributed by atoms with Gasteiger partial charge in [-0.1, -0.05) is 6.92 Å². The van der Waals surface area contributed by atoms with Gasteiger partial charge in [-0.25, -0.2) is 0 Å². The first-order chi connectivity index (χ1) is 9.71. The predicted octanol–water partition coefficient (Wildman–Crippen LogP) is 1.51. The summed E-state index contributed by atoms with van der Waals surface area (Å²) >= 11 is 0. The number of ether oxygens (including phenoxy) is 3. The molecule has 0 amide bonds. The van der Waals surface area contributed by atoms with Gasteiger partial charge in [-0.3, -0.25) is 4.79 Å². The van der Waals surface area contributed by atoms with Crippen LogP contribution in [0.2, 0.25) is 0 Å². The molecule has 0 aromatic heterocycles. The Balaban J connectivity index is 2.20. The van der Waals surface area contributed by atoms with E-state index in [4.69, 9.17) is 14.2 Å². The van der Waals surface area contributed by atoms with Gasteiger partial charge in [-0.2, -0.15) is 0 Å². The molecule has 1 aromatic rings. The molecule has 0 spiro atoms. The van der Waals surface area contributed by atoms with Crippen LogP contribution in [0.3, 0.4) is 0 Å². The quantitative estimate of drug-likeness (QED) is 0.800. The van der Waals surface area contributed by atoms with E-state index in [0.29, 0.717) is 30.3 Å². The SMILES string of the molecule is CCNC1COCC1C(=O)c1ccc(OC)c(OC)c1. The summed E-state index contributed by atoms with van der Waals surface area (Å²) in [6.07, 6.45) is 0. The highest BCUT2D eigenvalue weighted by atomic mass is 16.5. The van der Waals surface area contributed by atoms with Gasteiger partial charge in [0.25, 0.3) is 0 Å². The van der Waals surface area contributed by atoms with Crippen LogP contribution in [0.15, 0.2) is 18.2 Å². The van der Waals surface area contributed by atoms with Crippen molar-refractivity contribution in [1.29, 1.82) is 0 Å². The monoisotopic (exact) mass is 279 g/mol. The maximum absolute atomic E-state index is 12.6. The molecule has 0 aliphatic carbocycles. The molecule has 2 unspecified atom stereocenters. The van der Waals surface area contributed by atoms with E-state index in [1.54, 1.807) is 32.4 Å². The number of likely N-dealkylation sites (N-methyl/N-ethyl adjacent to an activating group) is 1. The molecule has 0 saturated carbocycles. The smallest absolute Gasteiger partial charge is 0.170 e. The molecule has 110 valence electrons. The van der Waals surface area contributed by atoms with Crippen LogP contribution in [0, 0.1) is 5.92 Å². The van der Waals surface area contributed by atoms with Gasteiger partial charge in [0.1, 0.15) is 0 Å². The molecule has 1 fully saturated rings. The largest absolute Gasteiger partial charge is 0.493 e. The number of carbonyl (C=O) groups is 1. The van der Waals surface area contributed by atoms with E-state index < -0.39 is 0 Å². The van der Waals surface area contributed by atoms with Crippen molar-refractivity contribution in [3.05, 3.63) is 23.8 Å². The van der Waals surface area contributed by atoms with E-state index in [9.17, 15) is 4.79 Å². The number of nitrogens with one attached hydrogen (secondary N) is 1. The predicted molar refractivity (Wildman–Crippen MR) is 75.7 cm³/mol. The Hall–Kier alpha value is -1.59. The van der Waals surface area contributed by atoms with Gasteiger partial charge >= 0.3 is 0 Å². The topological polar surface area (TPSA) is 56.8 Å². The highest BCUT2D eigenvalue weighted by molar-refractivity contribution is 5.99. The lowest BCUT2D eigenvalue weighted by Crippen LogP contribution is -2.39. The van der Waals surface area contributed by atoms with Crippen LogP contribution in [-0.2, 0) is 4.74 Å². The number of methoxy groups -OCH3 is 2. The van der Waals surface area contributed by atoms with Gasteiger partial charge in [0.2, 0.25) is 0 Å². The number of hydrogen-bond acceptors (Lipinski definition) is 5. The highest BCUT2D eigenvalue weighted by Gasteiger charge is 2.34. The van der Waals surface area contributed by atoms with Gasteiger partial charge in [0, 0.05) is 11.6 Å². The summed E-state index contributed by atoms with van der Waals surface area (Å²) in [6, 6.07) is 5.33. The van der Waals surface area contributed by atoms with Crippen molar-refractivity contribution in [1.82, 2.24) is 5.32 Å². The van der Waals surface area contributed by atoms with Crippen molar-refractivity contribution in [2.75, 3.05) is 34.0 Å². The Morgan fingerprint density at radius 2 is 2.05 bits per heavy atom. The van der Waals surface area contributed by atoms with E-state index in [1.807, 2.05) is 6.92 Å². The molecule has 1 N–H and O–H groups in total. The second kappa shape index (κ2) is 6.72. The maximum atomic E-state index is 12.6. The zero-order valence-corrected chi connectivity index (χ0v) is 12.1. The van der Waals surface area contributed by atoms with Crippen LogP contribution in [0.5, 0.6) is 11.5 Å². The Bertz CT molecular complexity index is 475. The molecule has 2 atom stereocenters. The van der Waals surface area contributed by atoms with Gasteiger partial charge < -0.3 is 19.5 Å².